The Hall–Kier alpha value is -2.95. The van der Waals surface area contributed by atoms with Gasteiger partial charge in [0.15, 0.2) is 11.5 Å². The van der Waals surface area contributed by atoms with Gasteiger partial charge in [0, 0.05) is 12.6 Å². The van der Waals surface area contributed by atoms with Crippen molar-refractivity contribution in [2.45, 2.75) is 6.54 Å². The Labute approximate surface area is 140 Å². The van der Waals surface area contributed by atoms with Gasteiger partial charge in [0.25, 0.3) is 0 Å². The average molecular weight is 325 g/mol. The maximum atomic E-state index is 11.9. The quantitative estimate of drug-likeness (QED) is 0.859. The lowest BCUT2D eigenvalue weighted by Crippen LogP contribution is -2.20. The molecule has 0 aromatic heterocycles. The van der Waals surface area contributed by atoms with Gasteiger partial charge in [-0.05, 0) is 41.5 Å². The SMILES string of the molecule is COc1ccc(CNC(=O)/C=C/c2ccc3c(c2)OCCO3)cc1. The number of ether oxygens (including phenoxy) is 3. The molecule has 3 rings (SSSR count). The summed E-state index contributed by atoms with van der Waals surface area (Å²) in [6, 6.07) is 13.2. The lowest BCUT2D eigenvalue weighted by Gasteiger charge is -2.18. The fraction of sp³-hybridized carbons (Fsp3) is 0.211. The molecule has 0 bridgehead atoms. The lowest BCUT2D eigenvalue weighted by molar-refractivity contribution is -0.116. The van der Waals surface area contributed by atoms with E-state index in [2.05, 4.69) is 5.32 Å². The number of fused-ring (bicyclic) bond motifs is 1. The van der Waals surface area contributed by atoms with Gasteiger partial charge in [0.2, 0.25) is 5.91 Å². The maximum Gasteiger partial charge on any atom is 0.244 e. The molecule has 0 aliphatic carbocycles. The van der Waals surface area contributed by atoms with Crippen molar-refractivity contribution in [3.8, 4) is 17.2 Å². The summed E-state index contributed by atoms with van der Waals surface area (Å²) >= 11 is 0. The topological polar surface area (TPSA) is 56.8 Å². The molecule has 0 fully saturated rings. The van der Waals surface area contributed by atoms with Gasteiger partial charge in [-0.1, -0.05) is 18.2 Å². The molecular formula is C19H19NO4. The molecular weight excluding hydrogens is 306 g/mol. The van der Waals surface area contributed by atoms with Crippen LogP contribution < -0.4 is 19.5 Å². The average Bonchev–Trinajstić information content (AvgIpc) is 2.65. The van der Waals surface area contributed by atoms with Crippen LogP contribution in [0.15, 0.2) is 48.5 Å². The molecule has 5 nitrogen and oxygen atoms in total. The van der Waals surface area contributed by atoms with E-state index in [0.29, 0.717) is 25.5 Å². The highest BCUT2D eigenvalue weighted by atomic mass is 16.6. The van der Waals surface area contributed by atoms with E-state index in [1.165, 1.54) is 6.08 Å². The molecule has 0 atom stereocenters. The molecule has 1 amide bonds. The van der Waals surface area contributed by atoms with Gasteiger partial charge in [0.1, 0.15) is 19.0 Å². The first kappa shape index (κ1) is 15.9. The molecule has 124 valence electrons. The van der Waals surface area contributed by atoms with Crippen LogP contribution in [0.4, 0.5) is 0 Å². The van der Waals surface area contributed by atoms with Crippen molar-refractivity contribution < 1.29 is 19.0 Å². The number of hydrogen-bond donors (Lipinski definition) is 1. The van der Waals surface area contributed by atoms with E-state index >= 15 is 0 Å². The van der Waals surface area contributed by atoms with Gasteiger partial charge in [-0.15, -0.1) is 0 Å². The first-order valence-electron chi connectivity index (χ1n) is 7.73. The number of nitrogens with one attached hydrogen (secondary N) is 1. The van der Waals surface area contributed by atoms with Crippen molar-refractivity contribution in [1.29, 1.82) is 0 Å². The van der Waals surface area contributed by atoms with Crippen LogP contribution >= 0.6 is 0 Å². The number of rotatable bonds is 5. The largest absolute Gasteiger partial charge is 0.497 e. The minimum atomic E-state index is -0.152. The van der Waals surface area contributed by atoms with Crippen molar-refractivity contribution >= 4 is 12.0 Å². The molecule has 0 spiro atoms. The third kappa shape index (κ3) is 4.07. The Balaban J connectivity index is 1.55. The molecule has 0 saturated heterocycles. The molecule has 2 aromatic rings. The van der Waals surface area contributed by atoms with Gasteiger partial charge in [-0.2, -0.15) is 0 Å². The molecule has 2 aromatic carbocycles. The van der Waals surface area contributed by atoms with Gasteiger partial charge >= 0.3 is 0 Å². The molecule has 1 aliphatic heterocycles. The fourth-order valence-corrected chi connectivity index (χ4v) is 2.33. The molecule has 0 radical (unpaired) electrons. The van der Waals surface area contributed by atoms with E-state index < -0.39 is 0 Å². The monoisotopic (exact) mass is 325 g/mol. The van der Waals surface area contributed by atoms with Crippen LogP contribution in [-0.4, -0.2) is 26.2 Å². The predicted molar refractivity (Wildman–Crippen MR) is 91.3 cm³/mol. The third-order valence-electron chi connectivity index (χ3n) is 3.62. The van der Waals surface area contributed by atoms with Crippen LogP contribution in [0.5, 0.6) is 17.2 Å². The molecule has 1 N–H and O–H groups in total. The molecule has 1 heterocycles. The highest BCUT2D eigenvalue weighted by molar-refractivity contribution is 5.91. The zero-order valence-electron chi connectivity index (χ0n) is 13.5. The second-order valence-corrected chi connectivity index (χ2v) is 5.30. The number of carbonyl (C=O) groups excluding carboxylic acids is 1. The number of methoxy groups -OCH3 is 1. The summed E-state index contributed by atoms with van der Waals surface area (Å²) in [6.07, 6.45) is 3.26. The maximum absolute atomic E-state index is 11.9. The minimum Gasteiger partial charge on any atom is -0.497 e. The summed E-state index contributed by atoms with van der Waals surface area (Å²) in [5.74, 6) is 2.09. The normalized spacial score (nSPS) is 12.9. The number of amides is 1. The zero-order valence-corrected chi connectivity index (χ0v) is 13.5. The number of hydrogen-bond acceptors (Lipinski definition) is 4. The highest BCUT2D eigenvalue weighted by Crippen LogP contribution is 2.31. The predicted octanol–water partition coefficient (Wildman–Crippen LogP) is 2.80. The van der Waals surface area contributed by atoms with Crippen LogP contribution in [0.25, 0.3) is 6.08 Å². The minimum absolute atomic E-state index is 0.152. The van der Waals surface area contributed by atoms with Gasteiger partial charge in [-0.25, -0.2) is 0 Å². The van der Waals surface area contributed by atoms with E-state index in [4.69, 9.17) is 14.2 Å². The van der Waals surface area contributed by atoms with Crippen molar-refractivity contribution in [1.82, 2.24) is 5.32 Å². The standard InChI is InChI=1S/C19H19NO4/c1-22-16-6-2-15(3-7-16)13-20-19(21)9-5-14-4-8-17-18(12-14)24-11-10-23-17/h2-9,12H,10-11,13H2,1H3,(H,20,21)/b9-5+. The van der Waals surface area contributed by atoms with E-state index in [0.717, 1.165) is 22.6 Å². The molecule has 24 heavy (non-hydrogen) atoms. The van der Waals surface area contributed by atoms with E-state index in [9.17, 15) is 4.79 Å². The summed E-state index contributed by atoms with van der Waals surface area (Å²) in [5.41, 5.74) is 1.90. The number of carbonyl (C=O) groups is 1. The summed E-state index contributed by atoms with van der Waals surface area (Å²) in [7, 11) is 1.62. The Bertz CT molecular complexity index is 738. The van der Waals surface area contributed by atoms with Gasteiger partial charge < -0.3 is 19.5 Å². The van der Waals surface area contributed by atoms with Crippen molar-refractivity contribution in [3.63, 3.8) is 0 Å². The smallest absolute Gasteiger partial charge is 0.244 e. The lowest BCUT2D eigenvalue weighted by atomic mass is 10.1. The Kier molecular flexibility index (Phi) is 5.01. The molecule has 5 heteroatoms. The molecule has 0 unspecified atom stereocenters. The summed E-state index contributed by atoms with van der Waals surface area (Å²) in [5, 5.41) is 2.85. The Morgan fingerprint density at radius 2 is 1.88 bits per heavy atom. The highest BCUT2D eigenvalue weighted by Gasteiger charge is 2.10. The Morgan fingerprint density at radius 3 is 2.62 bits per heavy atom. The molecule has 0 saturated carbocycles. The van der Waals surface area contributed by atoms with Crippen molar-refractivity contribution in [3.05, 3.63) is 59.7 Å². The summed E-state index contributed by atoms with van der Waals surface area (Å²) < 4.78 is 16.1. The molecule has 1 aliphatic rings. The fourth-order valence-electron chi connectivity index (χ4n) is 2.33. The zero-order chi connectivity index (χ0) is 16.8. The number of benzene rings is 2. The van der Waals surface area contributed by atoms with Gasteiger partial charge in [0.05, 0.1) is 7.11 Å². The van der Waals surface area contributed by atoms with Crippen LogP contribution in [0, 0.1) is 0 Å². The second kappa shape index (κ2) is 7.55. The van der Waals surface area contributed by atoms with Crippen LogP contribution in [0.3, 0.4) is 0 Å². The first-order valence-corrected chi connectivity index (χ1v) is 7.73. The van der Waals surface area contributed by atoms with E-state index in [1.54, 1.807) is 13.2 Å². The van der Waals surface area contributed by atoms with E-state index in [-0.39, 0.29) is 5.91 Å². The Morgan fingerprint density at radius 1 is 1.12 bits per heavy atom. The summed E-state index contributed by atoms with van der Waals surface area (Å²) in [6.45, 7) is 1.58. The van der Waals surface area contributed by atoms with Crippen LogP contribution in [0.2, 0.25) is 0 Å². The third-order valence-corrected chi connectivity index (χ3v) is 3.62. The first-order chi connectivity index (χ1) is 11.7. The van der Waals surface area contributed by atoms with Crippen LogP contribution in [0.1, 0.15) is 11.1 Å². The van der Waals surface area contributed by atoms with Crippen molar-refractivity contribution in [2.75, 3.05) is 20.3 Å². The van der Waals surface area contributed by atoms with Gasteiger partial charge in [-0.3, -0.25) is 4.79 Å². The summed E-state index contributed by atoms with van der Waals surface area (Å²) in [4.78, 5) is 11.9. The van der Waals surface area contributed by atoms with Crippen molar-refractivity contribution in [2.24, 2.45) is 0 Å². The van der Waals surface area contributed by atoms with E-state index in [1.807, 2.05) is 42.5 Å². The second-order valence-electron chi connectivity index (χ2n) is 5.30. The van der Waals surface area contributed by atoms with Crippen LogP contribution in [-0.2, 0) is 11.3 Å².